The van der Waals surface area contributed by atoms with Crippen LogP contribution in [0.1, 0.15) is 0 Å². The zero-order chi connectivity index (χ0) is 17.9. The van der Waals surface area contributed by atoms with E-state index in [0.717, 1.165) is 0 Å². The van der Waals surface area contributed by atoms with E-state index in [1.807, 2.05) is 0 Å². The number of piperazine rings is 1. The molecule has 0 aromatic heterocycles. The average Bonchev–Trinajstić information content (AvgIpc) is 2.68. The molecule has 1 saturated heterocycles. The van der Waals surface area contributed by atoms with Crippen molar-refractivity contribution in [1.82, 2.24) is 9.21 Å². The molecule has 0 saturated carbocycles. The summed E-state index contributed by atoms with van der Waals surface area (Å²) >= 11 is 0. The Hall–Kier alpha value is -2.26. The number of hydrogen-bond donors (Lipinski definition) is 0. The molecule has 1 fully saturated rings. The Morgan fingerprint density at radius 1 is 1.08 bits per heavy atom. The van der Waals surface area contributed by atoms with Crippen LogP contribution >= 0.6 is 0 Å². The zero-order valence-corrected chi connectivity index (χ0v) is 14.7. The number of rotatable bonds is 4. The molecule has 2 heterocycles. The van der Waals surface area contributed by atoms with E-state index in [9.17, 15) is 13.2 Å². The Morgan fingerprint density at radius 3 is 2.32 bits per heavy atom. The van der Waals surface area contributed by atoms with Crippen molar-refractivity contribution < 1.29 is 27.4 Å². The van der Waals surface area contributed by atoms with E-state index in [0.29, 0.717) is 32.1 Å². The van der Waals surface area contributed by atoms with Gasteiger partial charge >= 0.3 is 0 Å². The quantitative estimate of drug-likeness (QED) is 0.766. The zero-order valence-electron chi connectivity index (χ0n) is 13.9. The first-order chi connectivity index (χ1) is 12.0. The fraction of sp³-hybridized carbons (Fsp3) is 0.438. The molecule has 0 bridgehead atoms. The van der Waals surface area contributed by atoms with Gasteiger partial charge in [0, 0.05) is 26.2 Å². The molecule has 3 rings (SSSR count). The van der Waals surface area contributed by atoms with Gasteiger partial charge in [0.15, 0.2) is 0 Å². The highest BCUT2D eigenvalue weighted by Gasteiger charge is 2.32. The number of carbonyl (C=O) groups is 1. The SMILES string of the molecule is COc1ccc(S(=O)(=O)N2CCN(C(=O)C3=COCCO3)CC2)cc1. The third-order valence-corrected chi connectivity index (χ3v) is 6.00. The topological polar surface area (TPSA) is 85.4 Å². The summed E-state index contributed by atoms with van der Waals surface area (Å²) in [4.78, 5) is 14.1. The predicted molar refractivity (Wildman–Crippen MR) is 88.3 cm³/mol. The van der Waals surface area contributed by atoms with Crippen LogP contribution in [0.5, 0.6) is 5.75 Å². The Balaban J connectivity index is 1.64. The number of methoxy groups -OCH3 is 1. The van der Waals surface area contributed by atoms with E-state index in [1.54, 1.807) is 17.0 Å². The van der Waals surface area contributed by atoms with Crippen molar-refractivity contribution in [2.45, 2.75) is 4.90 Å². The maximum Gasteiger partial charge on any atom is 0.292 e. The van der Waals surface area contributed by atoms with Crippen LogP contribution in [-0.4, -0.2) is 70.0 Å². The molecule has 0 N–H and O–H groups in total. The fourth-order valence-electron chi connectivity index (χ4n) is 2.66. The first-order valence-corrected chi connectivity index (χ1v) is 9.34. The van der Waals surface area contributed by atoms with E-state index in [2.05, 4.69) is 0 Å². The molecule has 0 atom stereocenters. The third-order valence-electron chi connectivity index (χ3n) is 4.08. The van der Waals surface area contributed by atoms with Crippen LogP contribution in [0.15, 0.2) is 41.2 Å². The molecule has 1 amide bonds. The molecule has 8 nitrogen and oxygen atoms in total. The van der Waals surface area contributed by atoms with Gasteiger partial charge in [-0.05, 0) is 24.3 Å². The Kier molecular flexibility index (Phi) is 5.14. The second kappa shape index (κ2) is 7.32. The monoisotopic (exact) mass is 368 g/mol. The van der Waals surface area contributed by atoms with Crippen LogP contribution in [0.2, 0.25) is 0 Å². The van der Waals surface area contributed by atoms with Gasteiger partial charge in [-0.15, -0.1) is 0 Å². The summed E-state index contributed by atoms with van der Waals surface area (Å²) < 4.78 is 42.2. The van der Waals surface area contributed by atoms with Crippen molar-refractivity contribution in [2.75, 3.05) is 46.5 Å². The highest BCUT2D eigenvalue weighted by molar-refractivity contribution is 7.89. The summed E-state index contributed by atoms with van der Waals surface area (Å²) in [7, 11) is -2.07. The molecule has 9 heteroatoms. The Labute approximate surface area is 146 Å². The molecule has 0 spiro atoms. The molecular weight excluding hydrogens is 348 g/mol. The second-order valence-electron chi connectivity index (χ2n) is 5.57. The first-order valence-electron chi connectivity index (χ1n) is 7.90. The van der Waals surface area contributed by atoms with Crippen LogP contribution in [-0.2, 0) is 24.3 Å². The maximum atomic E-state index is 12.7. The average molecular weight is 368 g/mol. The largest absolute Gasteiger partial charge is 0.497 e. The van der Waals surface area contributed by atoms with Gasteiger partial charge in [0.25, 0.3) is 5.91 Å². The van der Waals surface area contributed by atoms with Crippen LogP contribution in [0.3, 0.4) is 0 Å². The number of amides is 1. The van der Waals surface area contributed by atoms with Crippen LogP contribution < -0.4 is 4.74 Å². The van der Waals surface area contributed by atoms with Gasteiger partial charge in [-0.2, -0.15) is 4.31 Å². The van der Waals surface area contributed by atoms with E-state index < -0.39 is 10.0 Å². The smallest absolute Gasteiger partial charge is 0.292 e. The molecule has 0 radical (unpaired) electrons. The van der Waals surface area contributed by atoms with Gasteiger partial charge < -0.3 is 19.1 Å². The normalized spacial score (nSPS) is 18.8. The molecule has 1 aromatic rings. The minimum absolute atomic E-state index is 0.165. The fourth-order valence-corrected chi connectivity index (χ4v) is 4.09. The summed E-state index contributed by atoms with van der Waals surface area (Å²) in [6.45, 7) is 1.82. The molecule has 25 heavy (non-hydrogen) atoms. The lowest BCUT2D eigenvalue weighted by Gasteiger charge is -2.34. The molecular formula is C16H20N2O6S. The Bertz CT molecular complexity index is 751. The van der Waals surface area contributed by atoms with E-state index >= 15 is 0 Å². The lowest BCUT2D eigenvalue weighted by molar-refractivity contribution is -0.133. The van der Waals surface area contributed by atoms with Crippen molar-refractivity contribution in [3.63, 3.8) is 0 Å². The molecule has 2 aliphatic heterocycles. The van der Waals surface area contributed by atoms with Crippen molar-refractivity contribution in [3.05, 3.63) is 36.3 Å². The number of benzene rings is 1. The van der Waals surface area contributed by atoms with Crippen LogP contribution in [0.4, 0.5) is 0 Å². The number of nitrogens with zero attached hydrogens (tertiary/aromatic N) is 2. The van der Waals surface area contributed by atoms with Crippen molar-refractivity contribution in [2.24, 2.45) is 0 Å². The molecule has 0 aliphatic carbocycles. The van der Waals surface area contributed by atoms with E-state index in [4.69, 9.17) is 14.2 Å². The standard InChI is InChI=1S/C16H20N2O6S/c1-22-13-2-4-14(5-3-13)25(20,21)18-8-6-17(7-9-18)16(19)15-12-23-10-11-24-15/h2-5,12H,6-11H2,1H3. The second-order valence-corrected chi connectivity index (χ2v) is 7.51. The minimum atomic E-state index is -3.59. The number of ether oxygens (including phenoxy) is 3. The van der Waals surface area contributed by atoms with Gasteiger partial charge in [0.1, 0.15) is 25.2 Å². The predicted octanol–water partition coefficient (Wildman–Crippen LogP) is 0.416. The highest BCUT2D eigenvalue weighted by atomic mass is 32.2. The summed E-state index contributed by atoms with van der Waals surface area (Å²) in [5.74, 6) is 0.483. The van der Waals surface area contributed by atoms with Gasteiger partial charge in [-0.1, -0.05) is 0 Å². The number of carbonyl (C=O) groups excluding carboxylic acids is 1. The lowest BCUT2D eigenvalue weighted by atomic mass is 10.3. The lowest BCUT2D eigenvalue weighted by Crippen LogP contribution is -2.51. The Morgan fingerprint density at radius 2 is 1.76 bits per heavy atom. The van der Waals surface area contributed by atoms with E-state index in [-0.39, 0.29) is 29.7 Å². The third kappa shape index (κ3) is 3.72. The number of hydrogen-bond acceptors (Lipinski definition) is 6. The summed E-state index contributed by atoms with van der Waals surface area (Å²) in [6, 6.07) is 6.26. The summed E-state index contributed by atoms with van der Waals surface area (Å²) in [5.41, 5.74) is 0. The van der Waals surface area contributed by atoms with Crippen molar-refractivity contribution >= 4 is 15.9 Å². The van der Waals surface area contributed by atoms with Gasteiger partial charge in [-0.3, -0.25) is 4.79 Å². The van der Waals surface area contributed by atoms with Crippen molar-refractivity contribution in [1.29, 1.82) is 0 Å². The molecule has 136 valence electrons. The summed E-state index contributed by atoms with van der Waals surface area (Å²) in [5, 5.41) is 0. The van der Waals surface area contributed by atoms with Gasteiger partial charge in [-0.25, -0.2) is 8.42 Å². The van der Waals surface area contributed by atoms with Gasteiger partial charge in [0.05, 0.1) is 12.0 Å². The van der Waals surface area contributed by atoms with Crippen LogP contribution in [0, 0.1) is 0 Å². The minimum Gasteiger partial charge on any atom is -0.497 e. The molecule has 2 aliphatic rings. The highest BCUT2D eigenvalue weighted by Crippen LogP contribution is 2.21. The first kappa shape index (κ1) is 17.6. The molecule has 0 unspecified atom stereocenters. The van der Waals surface area contributed by atoms with Gasteiger partial charge in [0.2, 0.25) is 15.8 Å². The maximum absolute atomic E-state index is 12.7. The van der Waals surface area contributed by atoms with Crippen molar-refractivity contribution in [3.8, 4) is 5.75 Å². The van der Waals surface area contributed by atoms with E-state index in [1.165, 1.54) is 29.8 Å². The number of sulfonamides is 1. The van der Waals surface area contributed by atoms with Crippen LogP contribution in [0.25, 0.3) is 0 Å². The summed E-state index contributed by atoms with van der Waals surface area (Å²) in [6.07, 6.45) is 1.31. The molecule has 1 aromatic carbocycles.